The molecule has 1 unspecified atom stereocenters. The van der Waals surface area contributed by atoms with Gasteiger partial charge in [0.2, 0.25) is 5.91 Å². The lowest BCUT2D eigenvalue weighted by Gasteiger charge is -2.17. The number of thiophene rings is 1. The molecular formula is C10H16ClF2N3O3S2. The van der Waals surface area contributed by atoms with Crippen molar-refractivity contribution >= 4 is 39.7 Å². The topological polar surface area (TPSA) is 101 Å². The van der Waals surface area contributed by atoms with Crippen LogP contribution in [0.2, 0.25) is 0 Å². The smallest absolute Gasteiger partial charge is 0.277 e. The van der Waals surface area contributed by atoms with Crippen molar-refractivity contribution in [2.75, 3.05) is 13.1 Å². The highest BCUT2D eigenvalue weighted by molar-refractivity contribution is 7.91. The Bertz CT molecular complexity index is 552. The van der Waals surface area contributed by atoms with E-state index in [1.807, 2.05) is 5.32 Å². The second-order valence-electron chi connectivity index (χ2n) is 4.05. The molecule has 0 fully saturated rings. The third-order valence-electron chi connectivity index (χ3n) is 2.31. The molecule has 1 heterocycles. The zero-order valence-electron chi connectivity index (χ0n) is 11.0. The molecular weight excluding hydrogens is 348 g/mol. The number of halogens is 3. The summed E-state index contributed by atoms with van der Waals surface area (Å²) in [4.78, 5) is 11.5. The van der Waals surface area contributed by atoms with Crippen LogP contribution in [0.3, 0.4) is 0 Å². The number of nitrogens with one attached hydrogen (secondary N) is 2. The highest BCUT2D eigenvalue weighted by Crippen LogP contribution is 2.15. The van der Waals surface area contributed by atoms with Crippen LogP contribution in [0, 0.1) is 0 Å². The van der Waals surface area contributed by atoms with Gasteiger partial charge >= 0.3 is 0 Å². The molecule has 0 saturated carbocycles. The number of hydrogen-bond acceptors (Lipinski definition) is 5. The van der Waals surface area contributed by atoms with Crippen molar-refractivity contribution < 1.29 is 22.0 Å². The molecule has 6 nitrogen and oxygen atoms in total. The molecule has 1 atom stereocenters. The van der Waals surface area contributed by atoms with E-state index >= 15 is 0 Å². The van der Waals surface area contributed by atoms with Crippen molar-refractivity contribution in [2.45, 2.75) is 23.1 Å². The first kappa shape index (κ1) is 20.2. The van der Waals surface area contributed by atoms with Gasteiger partial charge in [0.05, 0.1) is 19.1 Å². The van der Waals surface area contributed by atoms with E-state index in [1.165, 1.54) is 13.0 Å². The van der Waals surface area contributed by atoms with Crippen molar-refractivity contribution in [3.63, 3.8) is 0 Å². The molecule has 1 aromatic heterocycles. The molecule has 1 rings (SSSR count). The summed E-state index contributed by atoms with van der Waals surface area (Å²) >= 11 is 0.986. The average Bonchev–Trinajstić information content (AvgIpc) is 2.90. The van der Waals surface area contributed by atoms with E-state index in [2.05, 4.69) is 4.72 Å². The lowest BCUT2D eigenvalue weighted by molar-refractivity contribution is -0.124. The summed E-state index contributed by atoms with van der Waals surface area (Å²) in [6.45, 7) is -0.572. The van der Waals surface area contributed by atoms with Crippen LogP contribution in [0.5, 0.6) is 0 Å². The Kier molecular flexibility index (Phi) is 7.68. The van der Waals surface area contributed by atoms with Gasteiger partial charge in [-0.1, -0.05) is 6.07 Å². The fourth-order valence-corrected chi connectivity index (χ4v) is 3.41. The summed E-state index contributed by atoms with van der Waals surface area (Å²) in [5.74, 6) is -4.07. The second-order valence-corrected chi connectivity index (χ2v) is 6.94. The SMILES string of the molecule is CC(NS(=O)(=O)c1cccs1)C(=O)NCC(F)(F)CN.Cl. The van der Waals surface area contributed by atoms with E-state index < -0.39 is 41.0 Å². The van der Waals surface area contributed by atoms with E-state index in [1.54, 1.807) is 11.4 Å². The third kappa shape index (κ3) is 6.22. The molecule has 0 aliphatic carbocycles. The fraction of sp³-hybridized carbons (Fsp3) is 0.500. The molecule has 1 aromatic rings. The summed E-state index contributed by atoms with van der Waals surface area (Å²) in [6, 6.07) is 1.75. The largest absolute Gasteiger partial charge is 0.349 e. The molecule has 0 aromatic carbocycles. The summed E-state index contributed by atoms with van der Waals surface area (Å²) in [5, 5.41) is 3.52. The third-order valence-corrected chi connectivity index (χ3v) is 5.24. The molecule has 1 amide bonds. The summed E-state index contributed by atoms with van der Waals surface area (Å²) in [6.07, 6.45) is 0. The predicted octanol–water partition coefficient (Wildman–Crippen LogP) is 0.547. The minimum Gasteiger partial charge on any atom is -0.349 e. The number of nitrogens with two attached hydrogens (primary N) is 1. The van der Waals surface area contributed by atoms with Gasteiger partial charge in [0.25, 0.3) is 15.9 Å². The Hall–Kier alpha value is -0.810. The van der Waals surface area contributed by atoms with Crippen molar-refractivity contribution in [2.24, 2.45) is 5.73 Å². The highest BCUT2D eigenvalue weighted by atomic mass is 35.5. The van der Waals surface area contributed by atoms with Crippen molar-refractivity contribution in [3.8, 4) is 0 Å². The standard InChI is InChI=1S/C10H15F2N3O3S2.ClH/c1-7(9(16)14-6-10(11,12)5-13)15-20(17,18)8-3-2-4-19-8;/h2-4,7,15H,5-6,13H2,1H3,(H,14,16);1H. The van der Waals surface area contributed by atoms with E-state index in [4.69, 9.17) is 5.73 Å². The molecule has 4 N–H and O–H groups in total. The number of alkyl halides is 2. The molecule has 21 heavy (non-hydrogen) atoms. The maximum Gasteiger partial charge on any atom is 0.277 e. The normalized spacial score (nSPS) is 13.3. The number of carbonyl (C=O) groups excluding carboxylic acids is 1. The minimum atomic E-state index is -3.83. The first-order valence-electron chi connectivity index (χ1n) is 5.59. The summed E-state index contributed by atoms with van der Waals surface area (Å²) in [5.41, 5.74) is 4.82. The number of rotatable bonds is 7. The Labute approximate surface area is 131 Å². The monoisotopic (exact) mass is 363 g/mol. The van der Waals surface area contributed by atoms with Crippen molar-refractivity contribution in [1.29, 1.82) is 0 Å². The first-order valence-corrected chi connectivity index (χ1v) is 7.96. The maximum absolute atomic E-state index is 12.9. The van der Waals surface area contributed by atoms with Crippen LogP contribution in [-0.2, 0) is 14.8 Å². The van der Waals surface area contributed by atoms with Gasteiger partial charge in [-0.25, -0.2) is 17.2 Å². The maximum atomic E-state index is 12.9. The zero-order chi connectivity index (χ0) is 15.4. The number of hydrogen-bond donors (Lipinski definition) is 3. The average molecular weight is 364 g/mol. The number of amides is 1. The predicted molar refractivity (Wildman–Crippen MR) is 78.4 cm³/mol. The van der Waals surface area contributed by atoms with Gasteiger partial charge in [0.1, 0.15) is 4.21 Å². The molecule has 122 valence electrons. The Morgan fingerprint density at radius 1 is 1.52 bits per heavy atom. The minimum absolute atomic E-state index is 0. The van der Waals surface area contributed by atoms with Gasteiger partial charge < -0.3 is 11.1 Å². The van der Waals surface area contributed by atoms with Crippen LogP contribution in [0.4, 0.5) is 8.78 Å². The molecule has 0 spiro atoms. The van der Waals surface area contributed by atoms with Crippen LogP contribution in [-0.4, -0.2) is 39.4 Å². The van der Waals surface area contributed by atoms with Crippen molar-refractivity contribution in [3.05, 3.63) is 17.5 Å². The Morgan fingerprint density at radius 2 is 2.14 bits per heavy atom. The second kappa shape index (κ2) is 7.99. The van der Waals surface area contributed by atoms with E-state index in [0.29, 0.717) is 0 Å². The lowest BCUT2D eigenvalue weighted by atomic mass is 10.3. The molecule has 11 heteroatoms. The fourth-order valence-electron chi connectivity index (χ4n) is 1.20. The molecule has 0 aliphatic rings. The summed E-state index contributed by atoms with van der Waals surface area (Å²) < 4.78 is 51.5. The van der Waals surface area contributed by atoms with Gasteiger partial charge in [-0.05, 0) is 18.4 Å². The van der Waals surface area contributed by atoms with Crippen LogP contribution in [0.15, 0.2) is 21.7 Å². The molecule has 0 aliphatic heterocycles. The van der Waals surface area contributed by atoms with Crippen molar-refractivity contribution in [1.82, 2.24) is 10.0 Å². The van der Waals surface area contributed by atoms with Gasteiger partial charge in [-0.2, -0.15) is 4.72 Å². The first-order chi connectivity index (χ1) is 9.18. The lowest BCUT2D eigenvalue weighted by Crippen LogP contribution is -2.49. The number of sulfonamides is 1. The highest BCUT2D eigenvalue weighted by Gasteiger charge is 2.29. The van der Waals surface area contributed by atoms with Gasteiger partial charge in [-0.15, -0.1) is 23.7 Å². The van der Waals surface area contributed by atoms with E-state index in [-0.39, 0.29) is 16.6 Å². The summed E-state index contributed by atoms with van der Waals surface area (Å²) in [7, 11) is -3.83. The number of carbonyl (C=O) groups is 1. The van der Waals surface area contributed by atoms with Crippen LogP contribution < -0.4 is 15.8 Å². The van der Waals surface area contributed by atoms with Gasteiger partial charge in [0, 0.05) is 0 Å². The zero-order valence-corrected chi connectivity index (χ0v) is 13.5. The van der Waals surface area contributed by atoms with E-state index in [0.717, 1.165) is 11.3 Å². The molecule has 0 saturated heterocycles. The van der Waals surface area contributed by atoms with E-state index in [9.17, 15) is 22.0 Å². The quantitative estimate of drug-likeness (QED) is 0.658. The van der Waals surface area contributed by atoms with Crippen LogP contribution >= 0.6 is 23.7 Å². The van der Waals surface area contributed by atoms with Gasteiger partial charge in [0.15, 0.2) is 0 Å². The van der Waals surface area contributed by atoms with Crippen LogP contribution in [0.1, 0.15) is 6.92 Å². The Morgan fingerprint density at radius 3 is 2.62 bits per heavy atom. The van der Waals surface area contributed by atoms with Crippen LogP contribution in [0.25, 0.3) is 0 Å². The van der Waals surface area contributed by atoms with Gasteiger partial charge in [-0.3, -0.25) is 4.79 Å². The Balaban J connectivity index is 0.00000400. The molecule has 0 radical (unpaired) electrons. The molecule has 0 bridgehead atoms.